The molecule has 1 saturated heterocycles. The Balaban J connectivity index is 1.35. The third-order valence-electron chi connectivity index (χ3n) is 6.96. The van der Waals surface area contributed by atoms with Gasteiger partial charge in [-0.2, -0.15) is 0 Å². The molecule has 29 heavy (non-hydrogen) atoms. The molecule has 1 saturated carbocycles. The van der Waals surface area contributed by atoms with E-state index in [2.05, 4.69) is 24.3 Å². The van der Waals surface area contributed by atoms with Gasteiger partial charge in [0.25, 0.3) is 0 Å². The lowest BCUT2D eigenvalue weighted by Gasteiger charge is -2.27. The Morgan fingerprint density at radius 2 is 1.59 bits per heavy atom. The van der Waals surface area contributed by atoms with Crippen molar-refractivity contribution in [3.63, 3.8) is 0 Å². The molecule has 5 rings (SSSR count). The maximum absolute atomic E-state index is 12.9. The first kappa shape index (κ1) is 18.2. The van der Waals surface area contributed by atoms with E-state index in [0.717, 1.165) is 36.8 Å². The van der Waals surface area contributed by atoms with Gasteiger partial charge in [0.2, 0.25) is 0 Å². The monoisotopic (exact) mass is 391 g/mol. The molecule has 3 unspecified atom stereocenters. The lowest BCUT2D eigenvalue weighted by molar-refractivity contribution is -0.143. The summed E-state index contributed by atoms with van der Waals surface area (Å²) in [6, 6.07) is 15.7. The van der Waals surface area contributed by atoms with Crippen LogP contribution in [-0.2, 0) is 9.53 Å². The molecule has 1 N–H and O–H groups in total. The minimum absolute atomic E-state index is 0.0143. The summed E-state index contributed by atoms with van der Waals surface area (Å²) in [5.74, 6) is -0.584. The first-order chi connectivity index (χ1) is 14.1. The first-order valence-corrected chi connectivity index (χ1v) is 10.5. The molecular formula is C24H25NO4. The van der Waals surface area contributed by atoms with Crippen molar-refractivity contribution in [1.29, 1.82) is 0 Å². The molecule has 2 aliphatic carbocycles. The zero-order valence-electron chi connectivity index (χ0n) is 16.3. The highest BCUT2D eigenvalue weighted by atomic mass is 16.6. The number of fused-ring (bicyclic) bond motifs is 4. The van der Waals surface area contributed by atoms with Crippen LogP contribution in [-0.4, -0.2) is 41.3 Å². The summed E-state index contributed by atoms with van der Waals surface area (Å²) < 4.78 is 5.73. The number of hydrogen-bond donors (Lipinski definition) is 1. The van der Waals surface area contributed by atoms with Crippen LogP contribution < -0.4 is 0 Å². The van der Waals surface area contributed by atoms with Crippen LogP contribution in [0.5, 0.6) is 0 Å². The standard InChI is InChI=1S/C24H25NO4/c26-23(27)22-16-8-2-1-7-15(16)13-25(22)24(28)29-14-21-19-11-5-3-9-17(19)18-10-4-6-12-20(18)21/h3-6,9-12,15-16,21-22H,1-2,7-8,13-14H2,(H,26,27). The summed E-state index contributed by atoms with van der Waals surface area (Å²) in [6.07, 6.45) is 3.56. The Morgan fingerprint density at radius 3 is 2.24 bits per heavy atom. The molecule has 5 nitrogen and oxygen atoms in total. The van der Waals surface area contributed by atoms with E-state index in [1.807, 2.05) is 24.3 Å². The minimum atomic E-state index is -0.909. The van der Waals surface area contributed by atoms with Gasteiger partial charge in [0.15, 0.2) is 0 Å². The number of benzene rings is 2. The summed E-state index contributed by atoms with van der Waals surface area (Å²) in [7, 11) is 0. The van der Waals surface area contributed by atoms with E-state index < -0.39 is 18.1 Å². The summed E-state index contributed by atoms with van der Waals surface area (Å²) in [6.45, 7) is 0.726. The number of carboxylic acids is 1. The van der Waals surface area contributed by atoms with Gasteiger partial charge in [0.05, 0.1) is 0 Å². The molecule has 0 radical (unpaired) electrons. The third-order valence-corrected chi connectivity index (χ3v) is 6.96. The lowest BCUT2D eigenvalue weighted by Crippen LogP contribution is -2.44. The summed E-state index contributed by atoms with van der Waals surface area (Å²) in [5, 5.41) is 9.76. The number of carbonyl (C=O) groups excluding carboxylic acids is 1. The summed E-state index contributed by atoms with van der Waals surface area (Å²) >= 11 is 0. The van der Waals surface area contributed by atoms with Crippen molar-refractivity contribution in [1.82, 2.24) is 4.90 Å². The zero-order valence-corrected chi connectivity index (χ0v) is 16.3. The Bertz CT molecular complexity index is 910. The van der Waals surface area contributed by atoms with E-state index in [4.69, 9.17) is 4.74 Å². The second kappa shape index (κ2) is 7.21. The molecule has 1 heterocycles. The largest absolute Gasteiger partial charge is 0.480 e. The van der Waals surface area contributed by atoms with E-state index in [-0.39, 0.29) is 24.4 Å². The van der Waals surface area contributed by atoms with Crippen LogP contribution in [0.25, 0.3) is 11.1 Å². The molecule has 2 aromatic carbocycles. The van der Waals surface area contributed by atoms with Crippen LogP contribution >= 0.6 is 0 Å². The van der Waals surface area contributed by atoms with Gasteiger partial charge < -0.3 is 9.84 Å². The molecule has 0 spiro atoms. The van der Waals surface area contributed by atoms with Gasteiger partial charge in [-0.15, -0.1) is 0 Å². The smallest absolute Gasteiger partial charge is 0.410 e. The lowest BCUT2D eigenvalue weighted by atomic mass is 9.78. The van der Waals surface area contributed by atoms with Crippen molar-refractivity contribution < 1.29 is 19.4 Å². The fraction of sp³-hybridized carbons (Fsp3) is 0.417. The molecule has 0 aromatic heterocycles. The number of ether oxygens (including phenoxy) is 1. The van der Waals surface area contributed by atoms with Crippen molar-refractivity contribution in [3.8, 4) is 11.1 Å². The van der Waals surface area contributed by atoms with Crippen molar-refractivity contribution in [3.05, 3.63) is 59.7 Å². The molecule has 3 atom stereocenters. The highest BCUT2D eigenvalue weighted by molar-refractivity contribution is 5.82. The average molecular weight is 391 g/mol. The van der Waals surface area contributed by atoms with E-state index in [1.165, 1.54) is 16.0 Å². The van der Waals surface area contributed by atoms with Crippen LogP contribution in [0.2, 0.25) is 0 Å². The zero-order chi connectivity index (χ0) is 20.0. The van der Waals surface area contributed by atoms with E-state index in [0.29, 0.717) is 6.54 Å². The van der Waals surface area contributed by atoms with E-state index >= 15 is 0 Å². The quantitative estimate of drug-likeness (QED) is 0.836. The maximum Gasteiger partial charge on any atom is 0.410 e. The molecule has 3 aliphatic rings. The Morgan fingerprint density at radius 1 is 0.966 bits per heavy atom. The molecule has 0 bridgehead atoms. The van der Waals surface area contributed by atoms with Gasteiger partial charge in [-0.3, -0.25) is 4.90 Å². The number of hydrogen-bond acceptors (Lipinski definition) is 3. The fourth-order valence-electron chi connectivity index (χ4n) is 5.66. The molecule has 2 aromatic rings. The van der Waals surface area contributed by atoms with Crippen molar-refractivity contribution >= 4 is 12.1 Å². The van der Waals surface area contributed by atoms with Crippen LogP contribution in [0.1, 0.15) is 42.7 Å². The highest BCUT2D eigenvalue weighted by Crippen LogP contribution is 2.45. The normalized spacial score (nSPS) is 25.2. The van der Waals surface area contributed by atoms with Crippen molar-refractivity contribution in [2.24, 2.45) is 11.8 Å². The number of rotatable bonds is 3. The number of aliphatic carboxylic acids is 1. The van der Waals surface area contributed by atoms with E-state index in [9.17, 15) is 14.7 Å². The van der Waals surface area contributed by atoms with Gasteiger partial charge in [-0.25, -0.2) is 9.59 Å². The third kappa shape index (κ3) is 3.00. The molecule has 5 heteroatoms. The molecular weight excluding hydrogens is 366 g/mol. The predicted octanol–water partition coefficient (Wildman–Crippen LogP) is 4.51. The van der Waals surface area contributed by atoms with Gasteiger partial charge in [0.1, 0.15) is 12.6 Å². The summed E-state index contributed by atoms with van der Waals surface area (Å²) in [4.78, 5) is 26.3. The number of amides is 1. The van der Waals surface area contributed by atoms with Crippen LogP contribution in [0.4, 0.5) is 4.79 Å². The second-order valence-corrected chi connectivity index (χ2v) is 8.45. The van der Waals surface area contributed by atoms with Gasteiger partial charge in [-0.1, -0.05) is 61.4 Å². The molecule has 2 fully saturated rings. The molecule has 1 aliphatic heterocycles. The van der Waals surface area contributed by atoms with Gasteiger partial charge in [-0.05, 0) is 46.9 Å². The van der Waals surface area contributed by atoms with Crippen LogP contribution in [0, 0.1) is 11.8 Å². The number of carboxylic acid groups (broad SMARTS) is 1. The molecule has 1 amide bonds. The minimum Gasteiger partial charge on any atom is -0.480 e. The fourth-order valence-corrected chi connectivity index (χ4v) is 5.66. The van der Waals surface area contributed by atoms with Crippen molar-refractivity contribution in [2.45, 2.75) is 37.6 Å². The average Bonchev–Trinajstić information content (AvgIpc) is 3.28. The van der Waals surface area contributed by atoms with E-state index in [1.54, 1.807) is 0 Å². The first-order valence-electron chi connectivity index (χ1n) is 10.5. The van der Waals surface area contributed by atoms with Crippen LogP contribution in [0.3, 0.4) is 0 Å². The number of carbonyl (C=O) groups is 2. The van der Waals surface area contributed by atoms with Crippen LogP contribution in [0.15, 0.2) is 48.5 Å². The Hall–Kier alpha value is -2.82. The Labute approximate surface area is 170 Å². The maximum atomic E-state index is 12.9. The number of likely N-dealkylation sites (tertiary alicyclic amines) is 1. The van der Waals surface area contributed by atoms with Gasteiger partial charge >= 0.3 is 12.1 Å². The predicted molar refractivity (Wildman–Crippen MR) is 109 cm³/mol. The SMILES string of the molecule is O=C(O)C1C2CCCCC2CN1C(=O)OCC1c2ccccc2-c2ccccc21. The topological polar surface area (TPSA) is 66.8 Å². The van der Waals surface area contributed by atoms with Gasteiger partial charge in [0, 0.05) is 12.5 Å². The highest BCUT2D eigenvalue weighted by Gasteiger charge is 2.49. The number of nitrogens with zero attached hydrogens (tertiary/aromatic N) is 1. The molecule has 150 valence electrons. The Kier molecular flexibility index (Phi) is 4.53. The van der Waals surface area contributed by atoms with Crippen molar-refractivity contribution in [2.75, 3.05) is 13.2 Å². The second-order valence-electron chi connectivity index (χ2n) is 8.45. The summed E-state index contributed by atoms with van der Waals surface area (Å²) in [5.41, 5.74) is 4.68.